The highest BCUT2D eigenvalue weighted by molar-refractivity contribution is 7.19. The summed E-state index contributed by atoms with van der Waals surface area (Å²) < 4.78 is 38.6. The Morgan fingerprint density at radius 3 is 2.56 bits per heavy atom. The van der Waals surface area contributed by atoms with Crippen LogP contribution in [0.3, 0.4) is 0 Å². The van der Waals surface area contributed by atoms with E-state index < -0.39 is 17.8 Å². The second-order valence-electron chi connectivity index (χ2n) is 3.54. The molecule has 1 nitrogen and oxygen atoms in total. The van der Waals surface area contributed by atoms with Crippen molar-refractivity contribution in [3.05, 3.63) is 34.7 Å². The molecule has 0 saturated heterocycles. The molecule has 1 atom stereocenters. The molecule has 1 N–H and O–H groups in total. The van der Waals surface area contributed by atoms with Gasteiger partial charge in [0.1, 0.15) is 0 Å². The summed E-state index contributed by atoms with van der Waals surface area (Å²) >= 11 is 1.19. The maximum Gasteiger partial charge on any atom is 0.417 e. The third kappa shape index (κ3) is 1.92. The van der Waals surface area contributed by atoms with Crippen molar-refractivity contribution in [1.29, 1.82) is 0 Å². The van der Waals surface area contributed by atoms with Crippen molar-refractivity contribution in [3.8, 4) is 0 Å². The highest BCUT2D eigenvalue weighted by Gasteiger charge is 2.32. The molecule has 0 bridgehead atoms. The van der Waals surface area contributed by atoms with Crippen molar-refractivity contribution in [2.24, 2.45) is 0 Å². The first-order valence-electron chi connectivity index (χ1n) is 4.67. The third-order valence-electron chi connectivity index (χ3n) is 2.30. The van der Waals surface area contributed by atoms with Crippen LogP contribution >= 0.6 is 11.3 Å². The Morgan fingerprint density at radius 2 is 2.00 bits per heavy atom. The SMILES string of the molecule is CC(O)c1cc2c(C(F)(F)F)cccc2s1. The minimum Gasteiger partial charge on any atom is -0.388 e. The van der Waals surface area contributed by atoms with Gasteiger partial charge in [0.25, 0.3) is 0 Å². The summed E-state index contributed by atoms with van der Waals surface area (Å²) in [4.78, 5) is 0.548. The zero-order chi connectivity index (χ0) is 11.9. The van der Waals surface area contributed by atoms with Crippen molar-refractivity contribution in [3.63, 3.8) is 0 Å². The van der Waals surface area contributed by atoms with E-state index in [1.54, 1.807) is 6.07 Å². The van der Waals surface area contributed by atoms with E-state index in [9.17, 15) is 18.3 Å². The van der Waals surface area contributed by atoms with E-state index in [0.29, 0.717) is 9.58 Å². The van der Waals surface area contributed by atoms with Gasteiger partial charge in [-0.15, -0.1) is 11.3 Å². The molecule has 1 aromatic heterocycles. The number of thiophene rings is 1. The van der Waals surface area contributed by atoms with Gasteiger partial charge in [-0.05, 0) is 25.1 Å². The van der Waals surface area contributed by atoms with Crippen LogP contribution in [0, 0.1) is 0 Å². The Morgan fingerprint density at radius 1 is 1.31 bits per heavy atom. The van der Waals surface area contributed by atoms with Crippen LogP contribution in [0.1, 0.15) is 23.5 Å². The number of hydrogen-bond donors (Lipinski definition) is 1. The first kappa shape index (κ1) is 11.4. The van der Waals surface area contributed by atoms with Gasteiger partial charge >= 0.3 is 6.18 Å². The molecular formula is C11H9F3OS. The Hall–Kier alpha value is -1.07. The predicted molar refractivity (Wildman–Crippen MR) is 57.5 cm³/mol. The summed E-state index contributed by atoms with van der Waals surface area (Å²) in [6, 6.07) is 5.48. The summed E-state index contributed by atoms with van der Waals surface area (Å²) in [6.07, 6.45) is -5.09. The zero-order valence-electron chi connectivity index (χ0n) is 8.38. The fraction of sp³-hybridized carbons (Fsp3) is 0.273. The Balaban J connectivity index is 2.68. The second-order valence-corrected chi connectivity index (χ2v) is 4.66. The summed E-state index contributed by atoms with van der Waals surface area (Å²) in [6.45, 7) is 1.54. The first-order valence-corrected chi connectivity index (χ1v) is 5.49. The van der Waals surface area contributed by atoms with Gasteiger partial charge in [-0.2, -0.15) is 13.2 Å². The molecule has 0 fully saturated rings. The highest BCUT2D eigenvalue weighted by Crippen LogP contribution is 2.39. The molecule has 0 aliphatic carbocycles. The standard InChI is InChI=1S/C11H9F3OS/c1-6(15)10-5-7-8(11(12,13)14)3-2-4-9(7)16-10/h2-6,15H,1H3. The summed E-state index contributed by atoms with van der Waals surface area (Å²) in [7, 11) is 0. The van der Waals surface area contributed by atoms with Crippen molar-refractivity contribution >= 4 is 21.4 Å². The smallest absolute Gasteiger partial charge is 0.388 e. The molecule has 5 heteroatoms. The van der Waals surface area contributed by atoms with Crippen LogP contribution in [0.5, 0.6) is 0 Å². The van der Waals surface area contributed by atoms with Gasteiger partial charge in [-0.1, -0.05) is 6.07 Å². The van der Waals surface area contributed by atoms with Gasteiger partial charge in [-0.3, -0.25) is 0 Å². The van der Waals surface area contributed by atoms with Crippen LogP contribution in [0.2, 0.25) is 0 Å². The Labute approximate surface area is 94.1 Å². The molecule has 0 saturated carbocycles. The molecule has 86 valence electrons. The number of rotatable bonds is 1. The molecule has 1 heterocycles. The van der Waals surface area contributed by atoms with Gasteiger partial charge in [0.15, 0.2) is 0 Å². The van der Waals surface area contributed by atoms with E-state index in [1.807, 2.05) is 0 Å². The van der Waals surface area contributed by atoms with Crippen LogP contribution < -0.4 is 0 Å². The Kier molecular flexibility index (Phi) is 2.67. The van der Waals surface area contributed by atoms with Crippen molar-refractivity contribution in [1.82, 2.24) is 0 Å². The summed E-state index contributed by atoms with van der Waals surface area (Å²) in [5, 5.41) is 9.51. The van der Waals surface area contributed by atoms with Crippen LogP contribution in [-0.4, -0.2) is 5.11 Å². The van der Waals surface area contributed by atoms with Gasteiger partial charge in [0.2, 0.25) is 0 Å². The van der Waals surface area contributed by atoms with Crippen LogP contribution in [0.4, 0.5) is 13.2 Å². The molecule has 0 radical (unpaired) electrons. The maximum atomic E-state index is 12.7. The molecule has 0 spiro atoms. The van der Waals surface area contributed by atoms with Crippen LogP contribution in [0.25, 0.3) is 10.1 Å². The number of fused-ring (bicyclic) bond motifs is 1. The maximum absolute atomic E-state index is 12.7. The lowest BCUT2D eigenvalue weighted by molar-refractivity contribution is -0.136. The van der Waals surface area contributed by atoms with E-state index in [1.165, 1.54) is 30.4 Å². The average molecular weight is 246 g/mol. The van der Waals surface area contributed by atoms with E-state index in [2.05, 4.69) is 0 Å². The summed E-state index contributed by atoms with van der Waals surface area (Å²) in [5.74, 6) is 0. The molecule has 16 heavy (non-hydrogen) atoms. The molecular weight excluding hydrogens is 237 g/mol. The molecule has 2 aromatic rings. The number of aliphatic hydroxyl groups is 1. The van der Waals surface area contributed by atoms with Gasteiger partial charge in [-0.25, -0.2) is 0 Å². The first-order chi connectivity index (χ1) is 7.39. The van der Waals surface area contributed by atoms with Crippen LogP contribution in [-0.2, 0) is 6.18 Å². The van der Waals surface area contributed by atoms with E-state index in [-0.39, 0.29) is 5.39 Å². The highest BCUT2D eigenvalue weighted by atomic mass is 32.1. The van der Waals surface area contributed by atoms with E-state index in [0.717, 1.165) is 6.07 Å². The molecule has 0 amide bonds. The molecule has 0 aliphatic heterocycles. The minimum absolute atomic E-state index is 0.163. The van der Waals surface area contributed by atoms with Gasteiger partial charge in [0, 0.05) is 15.0 Å². The monoisotopic (exact) mass is 246 g/mol. The second kappa shape index (κ2) is 3.75. The van der Waals surface area contributed by atoms with Crippen molar-refractivity contribution < 1.29 is 18.3 Å². The van der Waals surface area contributed by atoms with Gasteiger partial charge < -0.3 is 5.11 Å². The quantitative estimate of drug-likeness (QED) is 0.807. The van der Waals surface area contributed by atoms with E-state index >= 15 is 0 Å². The lowest BCUT2D eigenvalue weighted by Gasteiger charge is -2.07. The number of aliphatic hydroxyl groups excluding tert-OH is 1. The molecule has 1 aromatic carbocycles. The number of halogens is 3. The van der Waals surface area contributed by atoms with Crippen molar-refractivity contribution in [2.75, 3.05) is 0 Å². The lowest BCUT2D eigenvalue weighted by Crippen LogP contribution is -2.04. The third-order valence-corrected chi connectivity index (χ3v) is 3.57. The molecule has 0 aliphatic rings. The summed E-state index contributed by atoms with van der Waals surface area (Å²) in [5.41, 5.74) is -0.645. The largest absolute Gasteiger partial charge is 0.417 e. The average Bonchev–Trinajstić information content (AvgIpc) is 2.58. The fourth-order valence-corrected chi connectivity index (χ4v) is 2.56. The fourth-order valence-electron chi connectivity index (χ4n) is 1.53. The zero-order valence-corrected chi connectivity index (χ0v) is 9.19. The predicted octanol–water partition coefficient (Wildman–Crippen LogP) is 3.97. The number of hydrogen-bond acceptors (Lipinski definition) is 2. The normalized spacial score (nSPS) is 14.3. The topological polar surface area (TPSA) is 20.2 Å². The number of benzene rings is 1. The van der Waals surface area contributed by atoms with Crippen molar-refractivity contribution in [2.45, 2.75) is 19.2 Å². The molecule has 2 rings (SSSR count). The van der Waals surface area contributed by atoms with Gasteiger partial charge in [0.05, 0.1) is 11.7 Å². The minimum atomic E-state index is -4.35. The number of alkyl halides is 3. The molecule has 1 unspecified atom stereocenters. The van der Waals surface area contributed by atoms with E-state index in [4.69, 9.17) is 0 Å². The Bertz CT molecular complexity index is 513. The lowest BCUT2D eigenvalue weighted by atomic mass is 10.1. The van der Waals surface area contributed by atoms with Crippen LogP contribution in [0.15, 0.2) is 24.3 Å².